The van der Waals surface area contributed by atoms with Gasteiger partial charge in [0.15, 0.2) is 0 Å². The summed E-state index contributed by atoms with van der Waals surface area (Å²) in [6.45, 7) is 5.60. The van der Waals surface area contributed by atoms with Crippen LogP contribution >= 0.6 is 0 Å². The quantitative estimate of drug-likeness (QED) is 0.919. The monoisotopic (exact) mass is 277 g/mol. The third kappa shape index (κ3) is 3.73. The van der Waals surface area contributed by atoms with E-state index in [1.165, 1.54) is 0 Å². The average molecular weight is 277 g/mol. The molecular formula is C16H23NO3. The summed E-state index contributed by atoms with van der Waals surface area (Å²) in [5.74, 6) is 1.13. The number of benzene rings is 1. The molecule has 110 valence electrons. The number of aliphatic hydroxyl groups excluding tert-OH is 1. The Morgan fingerprint density at radius 1 is 1.40 bits per heavy atom. The number of carbonyl (C=O) groups excluding carboxylic acids is 1. The van der Waals surface area contributed by atoms with Crippen molar-refractivity contribution < 1.29 is 14.6 Å². The molecule has 1 aromatic carbocycles. The van der Waals surface area contributed by atoms with E-state index < -0.39 is 0 Å². The van der Waals surface area contributed by atoms with Crippen molar-refractivity contribution in [3.63, 3.8) is 0 Å². The van der Waals surface area contributed by atoms with E-state index in [0.29, 0.717) is 11.5 Å². The highest BCUT2D eigenvalue weighted by molar-refractivity contribution is 5.94. The van der Waals surface area contributed by atoms with Crippen molar-refractivity contribution in [2.75, 3.05) is 19.7 Å². The summed E-state index contributed by atoms with van der Waals surface area (Å²) < 4.78 is 5.62. The van der Waals surface area contributed by atoms with Crippen molar-refractivity contribution in [2.24, 2.45) is 5.92 Å². The molecule has 1 aliphatic heterocycles. The van der Waals surface area contributed by atoms with E-state index in [9.17, 15) is 4.79 Å². The summed E-state index contributed by atoms with van der Waals surface area (Å²) in [7, 11) is 0. The smallest absolute Gasteiger partial charge is 0.253 e. The van der Waals surface area contributed by atoms with Gasteiger partial charge in [-0.15, -0.1) is 0 Å². The van der Waals surface area contributed by atoms with Gasteiger partial charge in [0.1, 0.15) is 5.75 Å². The number of aliphatic hydroxyl groups is 1. The number of likely N-dealkylation sites (tertiary alicyclic amines) is 1. The van der Waals surface area contributed by atoms with E-state index in [2.05, 4.69) is 0 Å². The van der Waals surface area contributed by atoms with Crippen LogP contribution in [0.1, 0.15) is 37.0 Å². The van der Waals surface area contributed by atoms with Crippen LogP contribution in [0.25, 0.3) is 0 Å². The van der Waals surface area contributed by atoms with Crippen LogP contribution in [0.4, 0.5) is 0 Å². The van der Waals surface area contributed by atoms with Crippen LogP contribution in [0.5, 0.6) is 5.75 Å². The standard InChI is InChI=1S/C16H23NO3/c1-12(2)20-15-5-3-4-14(10-15)16(19)17-8-6-13(11-18)7-9-17/h3-5,10,12-13,18H,6-9,11H2,1-2H3. The van der Waals surface area contributed by atoms with Gasteiger partial charge in [-0.1, -0.05) is 6.07 Å². The minimum absolute atomic E-state index is 0.0515. The summed E-state index contributed by atoms with van der Waals surface area (Å²) in [5, 5.41) is 9.13. The number of piperidine rings is 1. The molecule has 20 heavy (non-hydrogen) atoms. The fourth-order valence-electron chi connectivity index (χ4n) is 2.48. The van der Waals surface area contributed by atoms with Crippen molar-refractivity contribution in [2.45, 2.75) is 32.8 Å². The van der Waals surface area contributed by atoms with Crippen LogP contribution in [0.3, 0.4) is 0 Å². The van der Waals surface area contributed by atoms with E-state index in [1.807, 2.05) is 36.9 Å². The molecular weight excluding hydrogens is 254 g/mol. The highest BCUT2D eigenvalue weighted by Crippen LogP contribution is 2.21. The molecule has 0 radical (unpaired) electrons. The van der Waals surface area contributed by atoms with Crippen LogP contribution in [-0.2, 0) is 0 Å². The van der Waals surface area contributed by atoms with Gasteiger partial charge in [-0.3, -0.25) is 4.79 Å². The van der Waals surface area contributed by atoms with Crippen molar-refractivity contribution in [1.29, 1.82) is 0 Å². The van der Waals surface area contributed by atoms with Gasteiger partial charge in [-0.25, -0.2) is 0 Å². The fourth-order valence-corrected chi connectivity index (χ4v) is 2.48. The molecule has 1 fully saturated rings. The predicted molar refractivity (Wildman–Crippen MR) is 77.9 cm³/mol. The number of hydrogen-bond donors (Lipinski definition) is 1. The van der Waals surface area contributed by atoms with E-state index in [1.54, 1.807) is 6.07 Å². The molecule has 4 heteroatoms. The molecule has 2 rings (SSSR count). The molecule has 0 spiro atoms. The number of hydrogen-bond acceptors (Lipinski definition) is 3. The van der Waals surface area contributed by atoms with Crippen molar-refractivity contribution in [1.82, 2.24) is 4.90 Å². The Labute approximate surface area is 120 Å². The van der Waals surface area contributed by atoms with Crippen LogP contribution < -0.4 is 4.74 Å². The van der Waals surface area contributed by atoms with Gasteiger partial charge in [0.2, 0.25) is 0 Å². The number of rotatable bonds is 4. The molecule has 0 saturated carbocycles. The van der Waals surface area contributed by atoms with Crippen LogP contribution in [0, 0.1) is 5.92 Å². The SMILES string of the molecule is CC(C)Oc1cccc(C(=O)N2CCC(CO)CC2)c1. The lowest BCUT2D eigenvalue weighted by molar-refractivity contribution is 0.0650. The number of carbonyl (C=O) groups is 1. The topological polar surface area (TPSA) is 49.8 Å². The van der Waals surface area contributed by atoms with Crippen LogP contribution in [-0.4, -0.2) is 41.7 Å². The Balaban J connectivity index is 2.02. The third-order valence-corrected chi connectivity index (χ3v) is 3.61. The van der Waals surface area contributed by atoms with Crippen molar-refractivity contribution in [3.8, 4) is 5.75 Å². The van der Waals surface area contributed by atoms with E-state index >= 15 is 0 Å². The third-order valence-electron chi connectivity index (χ3n) is 3.61. The number of nitrogens with zero attached hydrogens (tertiary/aromatic N) is 1. The minimum atomic E-state index is 0.0515. The predicted octanol–water partition coefficient (Wildman–Crippen LogP) is 2.32. The maximum absolute atomic E-state index is 12.4. The first-order valence-corrected chi connectivity index (χ1v) is 7.27. The summed E-state index contributed by atoms with van der Waals surface area (Å²) in [5.41, 5.74) is 0.672. The van der Waals surface area contributed by atoms with E-state index in [-0.39, 0.29) is 18.6 Å². The van der Waals surface area contributed by atoms with Gasteiger partial charge in [-0.2, -0.15) is 0 Å². The molecule has 1 aromatic rings. The molecule has 1 aliphatic rings. The highest BCUT2D eigenvalue weighted by Gasteiger charge is 2.23. The van der Waals surface area contributed by atoms with E-state index in [4.69, 9.17) is 9.84 Å². The second kappa shape index (κ2) is 6.75. The lowest BCUT2D eigenvalue weighted by Crippen LogP contribution is -2.39. The summed E-state index contributed by atoms with van der Waals surface area (Å²) >= 11 is 0. The molecule has 1 amide bonds. The largest absolute Gasteiger partial charge is 0.491 e. The Morgan fingerprint density at radius 2 is 2.10 bits per heavy atom. The molecule has 0 aromatic heterocycles. The molecule has 0 bridgehead atoms. The van der Waals surface area contributed by atoms with Gasteiger partial charge < -0.3 is 14.7 Å². The molecule has 1 heterocycles. The van der Waals surface area contributed by atoms with Gasteiger partial charge in [0.25, 0.3) is 5.91 Å². The number of amides is 1. The zero-order valence-corrected chi connectivity index (χ0v) is 12.2. The molecule has 0 atom stereocenters. The first-order valence-electron chi connectivity index (χ1n) is 7.27. The summed E-state index contributed by atoms with van der Waals surface area (Å²) in [6.07, 6.45) is 1.86. The average Bonchev–Trinajstić information content (AvgIpc) is 2.46. The zero-order valence-electron chi connectivity index (χ0n) is 12.2. The van der Waals surface area contributed by atoms with Crippen molar-refractivity contribution >= 4 is 5.91 Å². The Morgan fingerprint density at radius 3 is 2.70 bits per heavy atom. The minimum Gasteiger partial charge on any atom is -0.491 e. The van der Waals surface area contributed by atoms with Crippen molar-refractivity contribution in [3.05, 3.63) is 29.8 Å². The zero-order chi connectivity index (χ0) is 14.5. The lowest BCUT2D eigenvalue weighted by atomic mass is 9.97. The summed E-state index contributed by atoms with van der Waals surface area (Å²) in [4.78, 5) is 14.3. The first kappa shape index (κ1) is 14.9. The fraction of sp³-hybridized carbons (Fsp3) is 0.562. The molecule has 0 aliphatic carbocycles. The first-order chi connectivity index (χ1) is 9.60. The molecule has 1 saturated heterocycles. The van der Waals surface area contributed by atoms with Gasteiger partial charge in [0, 0.05) is 25.3 Å². The lowest BCUT2D eigenvalue weighted by Gasteiger charge is -2.31. The Bertz CT molecular complexity index is 451. The van der Waals surface area contributed by atoms with Gasteiger partial charge >= 0.3 is 0 Å². The van der Waals surface area contributed by atoms with Crippen LogP contribution in [0.15, 0.2) is 24.3 Å². The van der Waals surface area contributed by atoms with E-state index in [0.717, 1.165) is 31.7 Å². The Kier molecular flexibility index (Phi) is 5.01. The second-order valence-corrected chi connectivity index (χ2v) is 5.61. The molecule has 0 unspecified atom stereocenters. The maximum Gasteiger partial charge on any atom is 0.253 e. The van der Waals surface area contributed by atoms with Gasteiger partial charge in [-0.05, 0) is 50.8 Å². The summed E-state index contributed by atoms with van der Waals surface area (Å²) in [6, 6.07) is 7.36. The highest BCUT2D eigenvalue weighted by atomic mass is 16.5. The van der Waals surface area contributed by atoms with Crippen LogP contribution in [0.2, 0.25) is 0 Å². The molecule has 4 nitrogen and oxygen atoms in total. The second-order valence-electron chi connectivity index (χ2n) is 5.61. The maximum atomic E-state index is 12.4. The normalized spacial score (nSPS) is 16.5. The Hall–Kier alpha value is -1.55. The van der Waals surface area contributed by atoms with Gasteiger partial charge in [0.05, 0.1) is 6.10 Å². The number of ether oxygens (including phenoxy) is 1. The molecule has 1 N–H and O–H groups in total.